The molecule has 0 saturated heterocycles. The van der Waals surface area contributed by atoms with Gasteiger partial charge in [-0.3, -0.25) is 0 Å². The number of hydrogen-bond donors (Lipinski definition) is 0. The van der Waals surface area contributed by atoms with Crippen LogP contribution in [-0.2, 0) is 12.5 Å². The highest BCUT2D eigenvalue weighted by atomic mass is 19.3. The van der Waals surface area contributed by atoms with Crippen molar-refractivity contribution in [2.24, 2.45) is 7.05 Å². The molecule has 2 nitrogen and oxygen atoms in total. The van der Waals surface area contributed by atoms with Gasteiger partial charge in [-0.2, -0.15) is 9.49 Å². The lowest BCUT2D eigenvalue weighted by molar-refractivity contribution is 0.142. The quantitative estimate of drug-likeness (QED) is 0.778. The summed E-state index contributed by atoms with van der Waals surface area (Å²) in [6.45, 7) is 5.48. The Kier molecular flexibility index (Phi) is 3.65. The summed E-state index contributed by atoms with van der Waals surface area (Å²) >= 11 is 0. The summed E-state index contributed by atoms with van der Waals surface area (Å²) in [6, 6.07) is 0. The van der Waals surface area contributed by atoms with Gasteiger partial charge in [-0.25, -0.2) is 13.5 Å². The molecule has 0 aliphatic heterocycles. The molecule has 0 fully saturated rings. The Hall–Kier alpha value is -1.00. The van der Waals surface area contributed by atoms with Gasteiger partial charge in [0.15, 0.2) is 0 Å². The number of halogens is 3. The van der Waals surface area contributed by atoms with Crippen LogP contribution in [0, 0.1) is 5.95 Å². The van der Waals surface area contributed by atoms with Crippen LogP contribution in [0.5, 0.6) is 0 Å². The fraction of sp³-hybridized carbons (Fsp3) is 0.727. The molecule has 0 atom stereocenters. The average molecular weight is 234 g/mol. The minimum absolute atomic E-state index is 0.0480. The largest absolute Gasteiger partial charge is 0.282 e. The second kappa shape index (κ2) is 4.47. The molecule has 0 N–H and O–H groups in total. The van der Waals surface area contributed by atoms with E-state index in [1.165, 1.54) is 7.05 Å². The molecule has 0 radical (unpaired) electrons. The number of hydrogen-bond acceptors (Lipinski definition) is 1. The molecule has 1 heterocycles. The smallest absolute Gasteiger partial charge is 0.242 e. The van der Waals surface area contributed by atoms with Crippen molar-refractivity contribution in [3.8, 4) is 0 Å². The fourth-order valence-corrected chi connectivity index (χ4v) is 2.05. The molecular weight excluding hydrogens is 217 g/mol. The predicted molar refractivity (Wildman–Crippen MR) is 56.1 cm³/mol. The molecule has 1 aromatic rings. The van der Waals surface area contributed by atoms with Crippen LogP contribution in [0.3, 0.4) is 0 Å². The number of aryl methyl sites for hydroxylation is 1. The SMILES string of the molecule is CCCC(C)(C)c1c(C(F)F)nn(C)c1F. The van der Waals surface area contributed by atoms with Crippen molar-refractivity contribution < 1.29 is 13.2 Å². The van der Waals surface area contributed by atoms with Gasteiger partial charge in [-0.1, -0.05) is 27.2 Å². The van der Waals surface area contributed by atoms with E-state index in [1.54, 1.807) is 13.8 Å². The highest BCUT2D eigenvalue weighted by molar-refractivity contribution is 5.28. The molecule has 0 aromatic carbocycles. The Morgan fingerprint density at radius 2 is 1.94 bits per heavy atom. The average Bonchev–Trinajstić information content (AvgIpc) is 2.44. The summed E-state index contributed by atoms with van der Waals surface area (Å²) in [5.41, 5.74) is -0.996. The zero-order valence-electron chi connectivity index (χ0n) is 10.0. The maximum atomic E-state index is 13.8. The first-order valence-electron chi connectivity index (χ1n) is 5.32. The third-order valence-corrected chi connectivity index (χ3v) is 2.76. The van der Waals surface area contributed by atoms with E-state index in [9.17, 15) is 13.2 Å². The van der Waals surface area contributed by atoms with Crippen molar-refractivity contribution in [3.05, 3.63) is 17.2 Å². The second-order valence-electron chi connectivity index (χ2n) is 4.61. The maximum absolute atomic E-state index is 13.8. The zero-order valence-corrected chi connectivity index (χ0v) is 10.0. The molecule has 92 valence electrons. The van der Waals surface area contributed by atoms with E-state index in [0.29, 0.717) is 6.42 Å². The first-order chi connectivity index (χ1) is 7.31. The van der Waals surface area contributed by atoms with Gasteiger partial charge in [0.05, 0.1) is 0 Å². The van der Waals surface area contributed by atoms with Crippen molar-refractivity contribution in [2.75, 3.05) is 0 Å². The van der Waals surface area contributed by atoms with E-state index in [2.05, 4.69) is 5.10 Å². The first kappa shape index (κ1) is 13.1. The van der Waals surface area contributed by atoms with Gasteiger partial charge in [0.25, 0.3) is 6.43 Å². The van der Waals surface area contributed by atoms with Crippen molar-refractivity contribution in [2.45, 2.75) is 45.5 Å². The van der Waals surface area contributed by atoms with Crippen molar-refractivity contribution >= 4 is 0 Å². The Morgan fingerprint density at radius 3 is 2.38 bits per heavy atom. The highest BCUT2D eigenvalue weighted by Gasteiger charge is 2.33. The van der Waals surface area contributed by atoms with Gasteiger partial charge < -0.3 is 0 Å². The van der Waals surface area contributed by atoms with Crippen molar-refractivity contribution in [1.82, 2.24) is 9.78 Å². The van der Waals surface area contributed by atoms with E-state index in [4.69, 9.17) is 0 Å². The summed E-state index contributed by atoms with van der Waals surface area (Å²) < 4.78 is 40.1. The topological polar surface area (TPSA) is 17.8 Å². The molecule has 1 aromatic heterocycles. The molecule has 0 aliphatic carbocycles. The zero-order chi connectivity index (χ0) is 12.5. The minimum Gasteiger partial charge on any atom is -0.242 e. The van der Waals surface area contributed by atoms with Gasteiger partial charge in [0.1, 0.15) is 5.69 Å². The Labute approximate surface area is 93.5 Å². The lowest BCUT2D eigenvalue weighted by Crippen LogP contribution is -2.20. The summed E-state index contributed by atoms with van der Waals surface area (Å²) in [5.74, 6) is -0.659. The number of aromatic nitrogens is 2. The van der Waals surface area contributed by atoms with Gasteiger partial charge >= 0.3 is 0 Å². The molecule has 0 unspecified atom stereocenters. The number of alkyl halides is 2. The summed E-state index contributed by atoms with van der Waals surface area (Å²) in [6.07, 6.45) is -1.28. The van der Waals surface area contributed by atoms with Gasteiger partial charge in [0.2, 0.25) is 5.95 Å². The summed E-state index contributed by atoms with van der Waals surface area (Å²) in [7, 11) is 1.34. The minimum atomic E-state index is -2.73. The van der Waals surface area contributed by atoms with E-state index in [-0.39, 0.29) is 5.56 Å². The van der Waals surface area contributed by atoms with Crippen LogP contribution >= 0.6 is 0 Å². The predicted octanol–water partition coefficient (Wildman–Crippen LogP) is 3.57. The molecule has 0 amide bonds. The molecule has 0 saturated carbocycles. The molecule has 1 rings (SSSR count). The summed E-state index contributed by atoms with van der Waals surface area (Å²) in [4.78, 5) is 0. The van der Waals surface area contributed by atoms with Crippen LogP contribution in [0.25, 0.3) is 0 Å². The Bertz CT molecular complexity index is 370. The van der Waals surface area contributed by atoms with E-state index < -0.39 is 23.5 Å². The molecule has 5 heteroatoms. The van der Waals surface area contributed by atoms with E-state index in [1.807, 2.05) is 6.92 Å². The van der Waals surface area contributed by atoms with Gasteiger partial charge in [0, 0.05) is 12.6 Å². The molecule has 16 heavy (non-hydrogen) atoms. The number of rotatable bonds is 4. The molecule has 0 aliphatic rings. The Balaban J connectivity index is 3.30. The van der Waals surface area contributed by atoms with Crippen LogP contribution in [-0.4, -0.2) is 9.78 Å². The van der Waals surface area contributed by atoms with Crippen molar-refractivity contribution in [3.63, 3.8) is 0 Å². The van der Waals surface area contributed by atoms with Gasteiger partial charge in [-0.05, 0) is 11.8 Å². The molecule has 0 bridgehead atoms. The third-order valence-electron chi connectivity index (χ3n) is 2.76. The highest BCUT2D eigenvalue weighted by Crippen LogP contribution is 2.36. The van der Waals surface area contributed by atoms with Crippen LogP contribution in [0.4, 0.5) is 13.2 Å². The number of nitrogens with zero attached hydrogens (tertiary/aromatic N) is 2. The van der Waals surface area contributed by atoms with Crippen LogP contribution in [0.1, 0.15) is 51.3 Å². The second-order valence-corrected chi connectivity index (χ2v) is 4.61. The normalized spacial score (nSPS) is 12.5. The van der Waals surface area contributed by atoms with Crippen LogP contribution in [0.2, 0.25) is 0 Å². The fourth-order valence-electron chi connectivity index (χ4n) is 2.05. The Morgan fingerprint density at radius 1 is 1.38 bits per heavy atom. The lowest BCUT2D eigenvalue weighted by Gasteiger charge is -2.24. The van der Waals surface area contributed by atoms with E-state index >= 15 is 0 Å². The molecular formula is C11H17F3N2. The van der Waals surface area contributed by atoms with Gasteiger partial charge in [-0.15, -0.1) is 0 Å². The van der Waals surface area contributed by atoms with Crippen LogP contribution < -0.4 is 0 Å². The summed E-state index contributed by atoms with van der Waals surface area (Å²) in [5, 5.41) is 3.55. The molecule has 0 spiro atoms. The monoisotopic (exact) mass is 234 g/mol. The van der Waals surface area contributed by atoms with Crippen molar-refractivity contribution in [1.29, 1.82) is 0 Å². The standard InChI is InChI=1S/C11H17F3N2/c1-5-6-11(2,3)7-8(9(12)13)15-16(4)10(7)14/h9H,5-6H2,1-4H3. The first-order valence-corrected chi connectivity index (χ1v) is 5.32. The lowest BCUT2D eigenvalue weighted by atomic mass is 9.80. The third kappa shape index (κ3) is 2.23. The van der Waals surface area contributed by atoms with E-state index in [0.717, 1.165) is 11.1 Å². The maximum Gasteiger partial charge on any atom is 0.282 e. The van der Waals surface area contributed by atoms with Crippen LogP contribution in [0.15, 0.2) is 0 Å².